The van der Waals surface area contributed by atoms with E-state index in [2.05, 4.69) is 33.8 Å². The van der Waals surface area contributed by atoms with Crippen molar-refractivity contribution in [2.45, 2.75) is 26.3 Å². The van der Waals surface area contributed by atoms with E-state index >= 15 is 0 Å². The number of nitrogens with zero attached hydrogens (tertiary/aromatic N) is 1. The van der Waals surface area contributed by atoms with Crippen molar-refractivity contribution in [2.24, 2.45) is 0 Å². The molecule has 0 atom stereocenters. The van der Waals surface area contributed by atoms with Crippen molar-refractivity contribution >= 4 is 23.3 Å². The lowest BCUT2D eigenvalue weighted by Crippen LogP contribution is -2.00. The number of hydrogen-bond donors (Lipinski definition) is 1. The molecule has 4 heteroatoms. The van der Waals surface area contributed by atoms with Crippen LogP contribution in [0.5, 0.6) is 0 Å². The van der Waals surface area contributed by atoms with Crippen LogP contribution < -0.4 is 0 Å². The quantitative estimate of drug-likeness (QED) is 0.688. The highest BCUT2D eigenvalue weighted by Gasteiger charge is 2.07. The number of nitrogens with one attached hydrogen (secondary N) is 1. The molecule has 0 saturated carbocycles. The van der Waals surface area contributed by atoms with Gasteiger partial charge in [-0.2, -0.15) is 0 Å². The smallest absolute Gasteiger partial charge is 0.178 e. The first-order valence-electron chi connectivity index (χ1n) is 7.08. The van der Waals surface area contributed by atoms with Crippen LogP contribution in [0.3, 0.4) is 0 Å². The molecule has 0 bridgehead atoms. The van der Waals surface area contributed by atoms with Gasteiger partial charge in [-0.1, -0.05) is 30.3 Å². The summed E-state index contributed by atoms with van der Waals surface area (Å²) in [6.45, 7) is 2.61. The van der Waals surface area contributed by atoms with E-state index in [4.69, 9.17) is 12.2 Å². The Kier molecular flexibility index (Phi) is 3.88. The highest BCUT2D eigenvalue weighted by atomic mass is 32.1. The molecule has 0 fully saturated rings. The van der Waals surface area contributed by atoms with E-state index in [1.165, 1.54) is 11.6 Å². The standard InChI is InChI=1S/C17H17FN2S/c1-12-10-16-15(11-14(12)18)19-17(21)20(16)9-5-8-13-6-3-2-4-7-13/h2-4,6-7,10-11H,5,8-9H2,1H3,(H,19,21). The molecule has 0 spiro atoms. The summed E-state index contributed by atoms with van der Waals surface area (Å²) in [5, 5.41) is 0. The Morgan fingerprint density at radius 3 is 2.71 bits per heavy atom. The summed E-state index contributed by atoms with van der Waals surface area (Å²) in [7, 11) is 0. The lowest BCUT2D eigenvalue weighted by molar-refractivity contribution is 0.619. The molecule has 0 radical (unpaired) electrons. The van der Waals surface area contributed by atoms with Crippen LogP contribution in [0.25, 0.3) is 11.0 Å². The Bertz CT molecular complexity index is 818. The number of H-pyrrole nitrogens is 1. The van der Waals surface area contributed by atoms with E-state index in [9.17, 15) is 4.39 Å². The van der Waals surface area contributed by atoms with Gasteiger partial charge in [0.1, 0.15) is 5.82 Å². The highest BCUT2D eigenvalue weighted by Crippen LogP contribution is 2.19. The van der Waals surface area contributed by atoms with Crippen LogP contribution in [0, 0.1) is 17.5 Å². The summed E-state index contributed by atoms with van der Waals surface area (Å²) in [4.78, 5) is 3.08. The zero-order chi connectivity index (χ0) is 14.8. The van der Waals surface area contributed by atoms with Gasteiger partial charge < -0.3 is 9.55 Å². The number of aryl methyl sites for hydroxylation is 3. The minimum Gasteiger partial charge on any atom is -0.330 e. The topological polar surface area (TPSA) is 20.7 Å². The second kappa shape index (κ2) is 5.82. The maximum absolute atomic E-state index is 13.6. The normalized spacial score (nSPS) is 11.1. The van der Waals surface area contributed by atoms with Crippen LogP contribution in [0.15, 0.2) is 42.5 Å². The molecule has 108 valence electrons. The molecule has 21 heavy (non-hydrogen) atoms. The number of aromatic nitrogens is 2. The van der Waals surface area contributed by atoms with Crippen LogP contribution >= 0.6 is 12.2 Å². The molecule has 2 aromatic carbocycles. The number of fused-ring (bicyclic) bond motifs is 1. The predicted molar refractivity (Wildman–Crippen MR) is 86.6 cm³/mol. The second-order valence-corrected chi connectivity index (χ2v) is 5.68. The first-order chi connectivity index (χ1) is 10.1. The molecule has 1 N–H and O–H groups in total. The van der Waals surface area contributed by atoms with E-state index in [0.717, 1.165) is 30.4 Å². The third-order valence-electron chi connectivity index (χ3n) is 3.74. The molecular weight excluding hydrogens is 283 g/mol. The van der Waals surface area contributed by atoms with Gasteiger partial charge in [0.25, 0.3) is 0 Å². The number of halogens is 1. The fraction of sp³-hybridized carbons (Fsp3) is 0.235. The summed E-state index contributed by atoms with van der Waals surface area (Å²) < 4.78 is 16.3. The molecule has 3 aromatic rings. The first-order valence-corrected chi connectivity index (χ1v) is 7.48. The van der Waals surface area contributed by atoms with Crippen LogP contribution in [-0.2, 0) is 13.0 Å². The molecule has 2 nitrogen and oxygen atoms in total. The maximum Gasteiger partial charge on any atom is 0.178 e. The van der Waals surface area contributed by atoms with Gasteiger partial charge in [-0.25, -0.2) is 4.39 Å². The highest BCUT2D eigenvalue weighted by molar-refractivity contribution is 7.71. The van der Waals surface area contributed by atoms with Crippen LogP contribution in [0.2, 0.25) is 0 Å². The summed E-state index contributed by atoms with van der Waals surface area (Å²) in [5.74, 6) is -0.199. The van der Waals surface area contributed by atoms with Gasteiger partial charge >= 0.3 is 0 Å². The fourth-order valence-corrected chi connectivity index (χ4v) is 2.89. The Hall–Kier alpha value is -1.94. The largest absolute Gasteiger partial charge is 0.330 e. The van der Waals surface area contributed by atoms with Crippen LogP contribution in [-0.4, -0.2) is 9.55 Å². The van der Waals surface area contributed by atoms with E-state index < -0.39 is 0 Å². The van der Waals surface area contributed by atoms with Gasteiger partial charge in [0.05, 0.1) is 11.0 Å². The fourth-order valence-electron chi connectivity index (χ4n) is 2.59. The van der Waals surface area contributed by atoms with Crippen molar-refractivity contribution in [1.29, 1.82) is 0 Å². The lowest BCUT2D eigenvalue weighted by atomic mass is 10.1. The molecule has 1 heterocycles. The van der Waals surface area contributed by atoms with Gasteiger partial charge in [-0.05, 0) is 55.2 Å². The molecule has 3 rings (SSSR count). The number of hydrogen-bond acceptors (Lipinski definition) is 1. The molecule has 0 saturated heterocycles. The molecule has 0 aliphatic carbocycles. The minimum atomic E-state index is -0.199. The van der Waals surface area contributed by atoms with Gasteiger partial charge in [0, 0.05) is 6.54 Å². The third-order valence-corrected chi connectivity index (χ3v) is 4.07. The SMILES string of the molecule is Cc1cc2c(cc1F)[nH]c(=S)n2CCCc1ccccc1. The molecular formula is C17H17FN2S. The van der Waals surface area contributed by atoms with Crippen LogP contribution in [0.1, 0.15) is 17.5 Å². The average molecular weight is 300 g/mol. The van der Waals surface area contributed by atoms with Crippen molar-refractivity contribution in [1.82, 2.24) is 9.55 Å². The predicted octanol–water partition coefficient (Wildman–Crippen LogP) is 4.78. The van der Waals surface area contributed by atoms with Gasteiger partial charge in [-0.15, -0.1) is 0 Å². The Labute approximate surface area is 128 Å². The molecule has 0 amide bonds. The maximum atomic E-state index is 13.6. The molecule has 0 aliphatic rings. The molecule has 1 aromatic heterocycles. The first kappa shape index (κ1) is 14.0. The monoisotopic (exact) mass is 300 g/mol. The van der Waals surface area contributed by atoms with Crippen molar-refractivity contribution in [3.05, 3.63) is 64.2 Å². The Morgan fingerprint density at radius 1 is 1.19 bits per heavy atom. The van der Waals surface area contributed by atoms with E-state index in [0.29, 0.717) is 10.3 Å². The second-order valence-electron chi connectivity index (χ2n) is 5.29. The van der Waals surface area contributed by atoms with Gasteiger partial charge in [-0.3, -0.25) is 0 Å². The Balaban J connectivity index is 1.82. The zero-order valence-electron chi connectivity index (χ0n) is 11.9. The van der Waals surface area contributed by atoms with Gasteiger partial charge in [0.15, 0.2) is 4.77 Å². The minimum absolute atomic E-state index is 0.199. The average Bonchev–Trinajstić information content (AvgIpc) is 2.76. The summed E-state index contributed by atoms with van der Waals surface area (Å²) in [6, 6.07) is 13.8. The van der Waals surface area contributed by atoms with Crippen molar-refractivity contribution in [3.63, 3.8) is 0 Å². The Morgan fingerprint density at radius 2 is 1.95 bits per heavy atom. The number of rotatable bonds is 4. The van der Waals surface area contributed by atoms with E-state index in [-0.39, 0.29) is 5.82 Å². The van der Waals surface area contributed by atoms with Crippen molar-refractivity contribution in [3.8, 4) is 0 Å². The summed E-state index contributed by atoms with van der Waals surface area (Å²) >= 11 is 5.35. The molecule has 0 unspecified atom stereocenters. The summed E-state index contributed by atoms with van der Waals surface area (Å²) in [5.41, 5.74) is 3.72. The lowest BCUT2D eigenvalue weighted by Gasteiger charge is -2.06. The van der Waals surface area contributed by atoms with Gasteiger partial charge in [0.2, 0.25) is 0 Å². The number of aromatic amines is 1. The number of imidazole rings is 1. The summed E-state index contributed by atoms with van der Waals surface area (Å²) in [6.07, 6.45) is 2.01. The third kappa shape index (κ3) is 2.90. The zero-order valence-corrected chi connectivity index (χ0v) is 12.7. The van der Waals surface area contributed by atoms with Crippen molar-refractivity contribution in [2.75, 3.05) is 0 Å². The number of benzene rings is 2. The van der Waals surface area contributed by atoms with Crippen molar-refractivity contribution < 1.29 is 4.39 Å². The van der Waals surface area contributed by atoms with E-state index in [1.54, 1.807) is 6.92 Å². The van der Waals surface area contributed by atoms with Crippen LogP contribution in [0.4, 0.5) is 4.39 Å². The molecule has 0 aliphatic heterocycles. The van der Waals surface area contributed by atoms with E-state index in [1.807, 2.05) is 12.1 Å².